The zero-order chi connectivity index (χ0) is 19.3. The van der Waals surface area contributed by atoms with Crippen molar-refractivity contribution >= 4 is 44.2 Å². The third-order valence-electron chi connectivity index (χ3n) is 4.17. The van der Waals surface area contributed by atoms with E-state index in [1.54, 1.807) is 0 Å². The average molecular weight is 390 g/mol. The molecule has 9 heteroatoms. The van der Waals surface area contributed by atoms with Crippen LogP contribution in [-0.4, -0.2) is 27.6 Å². The first-order chi connectivity index (χ1) is 12.8. The fourth-order valence-corrected chi connectivity index (χ4v) is 3.96. The molecular formula is C18H12F2N2O4S. The molecule has 1 unspecified atom stereocenters. The Balaban J connectivity index is 1.91. The van der Waals surface area contributed by atoms with Gasteiger partial charge in [-0.1, -0.05) is 11.3 Å². The Morgan fingerprint density at radius 3 is 2.70 bits per heavy atom. The van der Waals surface area contributed by atoms with E-state index in [-0.39, 0.29) is 16.6 Å². The number of benzene rings is 2. The summed E-state index contributed by atoms with van der Waals surface area (Å²) in [5.74, 6) is -2.80. The van der Waals surface area contributed by atoms with Gasteiger partial charge in [-0.25, -0.2) is 18.7 Å². The number of carbonyl (C=O) groups is 2. The van der Waals surface area contributed by atoms with Crippen LogP contribution < -0.4 is 9.64 Å². The molecule has 3 aromatic rings. The molecule has 1 aliphatic rings. The molecule has 0 aliphatic carbocycles. The molecule has 0 fully saturated rings. The van der Waals surface area contributed by atoms with Crippen LogP contribution in [0.3, 0.4) is 0 Å². The van der Waals surface area contributed by atoms with Crippen molar-refractivity contribution in [2.45, 2.75) is 18.9 Å². The average Bonchev–Trinajstić information content (AvgIpc) is 2.98. The molecule has 2 aromatic carbocycles. The van der Waals surface area contributed by atoms with Gasteiger partial charge in [0, 0.05) is 6.07 Å². The van der Waals surface area contributed by atoms with Crippen molar-refractivity contribution in [2.24, 2.45) is 0 Å². The first-order valence-electron chi connectivity index (χ1n) is 7.88. The van der Waals surface area contributed by atoms with Gasteiger partial charge in [0.05, 0.1) is 22.3 Å². The molecule has 0 saturated heterocycles. The van der Waals surface area contributed by atoms with E-state index in [1.807, 2.05) is 0 Å². The molecule has 138 valence electrons. The molecule has 2 heterocycles. The molecule has 1 aliphatic heterocycles. The van der Waals surface area contributed by atoms with Crippen molar-refractivity contribution in [3.05, 3.63) is 48.0 Å². The van der Waals surface area contributed by atoms with Gasteiger partial charge in [0.25, 0.3) is 5.91 Å². The van der Waals surface area contributed by atoms with Gasteiger partial charge in [-0.05, 0) is 37.3 Å². The van der Waals surface area contributed by atoms with E-state index in [0.717, 1.165) is 28.4 Å². The number of aromatic nitrogens is 1. The van der Waals surface area contributed by atoms with Crippen LogP contribution in [0.25, 0.3) is 10.2 Å². The quantitative estimate of drug-likeness (QED) is 0.735. The smallest absolute Gasteiger partial charge is 0.307 e. The fourth-order valence-electron chi connectivity index (χ4n) is 2.96. The normalized spacial score (nSPS) is 19.1. The molecule has 27 heavy (non-hydrogen) atoms. The van der Waals surface area contributed by atoms with Gasteiger partial charge < -0.3 is 9.84 Å². The van der Waals surface area contributed by atoms with Crippen LogP contribution in [0, 0.1) is 11.6 Å². The SMILES string of the molecule is CC1(CC(=O)O)Oc2ccc(F)cc2N(c2nc3ccc(F)cc3s2)C1=O. The number of rotatable bonds is 3. The summed E-state index contributed by atoms with van der Waals surface area (Å²) in [6.45, 7) is 1.36. The molecule has 0 spiro atoms. The van der Waals surface area contributed by atoms with Gasteiger partial charge >= 0.3 is 5.97 Å². The molecule has 0 radical (unpaired) electrons. The summed E-state index contributed by atoms with van der Waals surface area (Å²) in [5.41, 5.74) is -1.12. The van der Waals surface area contributed by atoms with E-state index in [9.17, 15) is 23.5 Å². The number of carboxylic acids is 1. The number of carboxylic acid groups (broad SMARTS) is 1. The first-order valence-corrected chi connectivity index (χ1v) is 8.69. The number of fused-ring (bicyclic) bond motifs is 2. The highest BCUT2D eigenvalue weighted by Gasteiger charge is 2.48. The second kappa shape index (κ2) is 5.98. The fraction of sp³-hybridized carbons (Fsp3) is 0.167. The molecule has 6 nitrogen and oxygen atoms in total. The van der Waals surface area contributed by atoms with E-state index >= 15 is 0 Å². The monoisotopic (exact) mass is 390 g/mol. The maximum atomic E-state index is 13.8. The Labute approximate surface area is 155 Å². The Hall–Kier alpha value is -3.07. The number of aliphatic carboxylic acids is 1. The predicted octanol–water partition coefficient (Wildman–Crippen LogP) is 3.87. The molecule has 0 saturated carbocycles. The van der Waals surface area contributed by atoms with E-state index in [0.29, 0.717) is 10.2 Å². The Kier molecular flexibility index (Phi) is 3.84. The van der Waals surface area contributed by atoms with Gasteiger partial charge in [0.15, 0.2) is 10.7 Å². The molecular weight excluding hydrogens is 378 g/mol. The number of thiazole rings is 1. The second-order valence-corrected chi connectivity index (χ2v) is 7.27. The summed E-state index contributed by atoms with van der Waals surface area (Å²) in [6.07, 6.45) is -0.585. The van der Waals surface area contributed by atoms with Crippen molar-refractivity contribution < 1.29 is 28.2 Å². The van der Waals surface area contributed by atoms with Crippen LogP contribution in [0.1, 0.15) is 13.3 Å². The van der Waals surface area contributed by atoms with Crippen LogP contribution in [0.15, 0.2) is 36.4 Å². The van der Waals surface area contributed by atoms with E-state index < -0.39 is 35.5 Å². The number of hydrogen-bond donors (Lipinski definition) is 1. The van der Waals surface area contributed by atoms with Gasteiger partial charge in [0.1, 0.15) is 17.4 Å². The maximum absolute atomic E-state index is 13.8. The maximum Gasteiger partial charge on any atom is 0.307 e. The van der Waals surface area contributed by atoms with Gasteiger partial charge in [-0.15, -0.1) is 0 Å². The highest BCUT2D eigenvalue weighted by atomic mass is 32.1. The standard InChI is InChI=1S/C18H12F2N2O4S/c1-18(8-15(23)24)16(25)22(12-6-9(19)3-5-13(12)26-18)17-21-11-4-2-10(20)7-14(11)27-17/h2-7H,8H2,1H3,(H,23,24). The number of ether oxygens (including phenoxy) is 1. The van der Waals surface area contributed by atoms with Crippen LogP contribution in [0.2, 0.25) is 0 Å². The molecule has 1 aromatic heterocycles. The minimum Gasteiger partial charge on any atom is -0.481 e. The number of nitrogens with zero attached hydrogens (tertiary/aromatic N) is 2. The van der Waals surface area contributed by atoms with Crippen LogP contribution in [0.4, 0.5) is 19.6 Å². The summed E-state index contributed by atoms with van der Waals surface area (Å²) in [5, 5.41) is 9.35. The minimum absolute atomic E-state index is 0.113. The lowest BCUT2D eigenvalue weighted by atomic mass is 9.97. The van der Waals surface area contributed by atoms with E-state index in [2.05, 4.69) is 4.98 Å². The summed E-state index contributed by atoms with van der Waals surface area (Å²) >= 11 is 1.04. The molecule has 1 amide bonds. The second-order valence-electron chi connectivity index (χ2n) is 6.26. The highest BCUT2D eigenvalue weighted by molar-refractivity contribution is 7.22. The lowest BCUT2D eigenvalue weighted by molar-refractivity contribution is -0.148. The molecule has 4 rings (SSSR count). The van der Waals surface area contributed by atoms with Crippen molar-refractivity contribution in [3.8, 4) is 5.75 Å². The van der Waals surface area contributed by atoms with Crippen molar-refractivity contribution in [1.29, 1.82) is 0 Å². The Morgan fingerprint density at radius 2 is 1.96 bits per heavy atom. The van der Waals surface area contributed by atoms with Crippen LogP contribution in [-0.2, 0) is 9.59 Å². The van der Waals surface area contributed by atoms with Gasteiger partial charge in [-0.2, -0.15) is 0 Å². The number of amides is 1. The Morgan fingerprint density at radius 1 is 1.26 bits per heavy atom. The highest BCUT2D eigenvalue weighted by Crippen LogP contribution is 2.45. The van der Waals surface area contributed by atoms with Crippen molar-refractivity contribution in [3.63, 3.8) is 0 Å². The summed E-state index contributed by atoms with van der Waals surface area (Å²) in [7, 11) is 0. The van der Waals surface area contributed by atoms with Gasteiger partial charge in [-0.3, -0.25) is 9.59 Å². The number of hydrogen-bond acceptors (Lipinski definition) is 5. The summed E-state index contributed by atoms with van der Waals surface area (Å²) in [4.78, 5) is 29.8. The number of carbonyl (C=O) groups excluding carboxylic acids is 1. The van der Waals surface area contributed by atoms with E-state index in [4.69, 9.17) is 4.74 Å². The minimum atomic E-state index is -1.69. The van der Waals surface area contributed by atoms with Gasteiger partial charge in [0.2, 0.25) is 0 Å². The molecule has 1 atom stereocenters. The number of anilines is 2. The Bertz CT molecular complexity index is 1100. The lowest BCUT2D eigenvalue weighted by Crippen LogP contribution is -2.53. The van der Waals surface area contributed by atoms with E-state index in [1.165, 1.54) is 31.2 Å². The molecule has 0 bridgehead atoms. The van der Waals surface area contributed by atoms with Crippen LogP contribution >= 0.6 is 11.3 Å². The summed E-state index contributed by atoms with van der Waals surface area (Å²) < 4.78 is 33.4. The lowest BCUT2D eigenvalue weighted by Gasteiger charge is -2.38. The summed E-state index contributed by atoms with van der Waals surface area (Å²) in [6, 6.07) is 7.59. The van der Waals surface area contributed by atoms with Crippen molar-refractivity contribution in [1.82, 2.24) is 4.98 Å². The van der Waals surface area contributed by atoms with Crippen molar-refractivity contribution in [2.75, 3.05) is 4.90 Å². The third kappa shape index (κ3) is 2.89. The van der Waals surface area contributed by atoms with Crippen LogP contribution in [0.5, 0.6) is 5.75 Å². The molecule has 1 N–H and O–H groups in total. The predicted molar refractivity (Wildman–Crippen MR) is 94.4 cm³/mol. The number of halogens is 2. The topological polar surface area (TPSA) is 79.7 Å². The zero-order valence-corrected chi connectivity index (χ0v) is 14.7. The zero-order valence-electron chi connectivity index (χ0n) is 13.9. The third-order valence-corrected chi connectivity index (χ3v) is 5.17. The first kappa shape index (κ1) is 17.3. The largest absolute Gasteiger partial charge is 0.481 e.